The quantitative estimate of drug-likeness (QED) is 0.771. The molecule has 0 aromatic carbocycles. The Morgan fingerprint density at radius 1 is 1.39 bits per heavy atom. The van der Waals surface area contributed by atoms with E-state index in [-0.39, 0.29) is 18.9 Å². The molecule has 0 aromatic heterocycles. The number of carbonyl (C=O) groups excluding carboxylic acids is 2. The lowest BCUT2D eigenvalue weighted by Crippen LogP contribution is -2.43. The summed E-state index contributed by atoms with van der Waals surface area (Å²) in [4.78, 5) is 35.5. The predicted octanol–water partition coefficient (Wildman–Crippen LogP) is 1.63. The standard InChI is InChI=1S/C12H19NO5/c1-12(2,3)18-11(17)13-7-8(10(15)16)5-4-6-9(13)14/h8H,4-7H2,1-3H3,(H,15,16). The minimum absolute atomic E-state index is 0.108. The molecule has 6 heteroatoms. The van der Waals surface area contributed by atoms with E-state index in [1.807, 2.05) is 0 Å². The summed E-state index contributed by atoms with van der Waals surface area (Å²) >= 11 is 0. The third-order valence-electron chi connectivity index (χ3n) is 2.61. The van der Waals surface area contributed by atoms with Crippen LogP contribution in [0.25, 0.3) is 0 Å². The molecule has 2 amide bonds. The zero-order valence-electron chi connectivity index (χ0n) is 10.9. The van der Waals surface area contributed by atoms with Crippen LogP contribution in [-0.2, 0) is 14.3 Å². The van der Waals surface area contributed by atoms with Crippen molar-refractivity contribution in [1.82, 2.24) is 4.90 Å². The topological polar surface area (TPSA) is 83.9 Å². The molecule has 1 aliphatic rings. The lowest BCUT2D eigenvalue weighted by molar-refractivity contribution is -0.142. The van der Waals surface area contributed by atoms with Gasteiger partial charge in [0.15, 0.2) is 0 Å². The number of rotatable bonds is 1. The van der Waals surface area contributed by atoms with E-state index in [0.717, 1.165) is 4.90 Å². The molecule has 0 spiro atoms. The normalized spacial score (nSPS) is 21.4. The Balaban J connectivity index is 2.79. The molecule has 0 bridgehead atoms. The van der Waals surface area contributed by atoms with Crippen LogP contribution in [0.5, 0.6) is 0 Å². The van der Waals surface area contributed by atoms with Crippen molar-refractivity contribution in [2.24, 2.45) is 5.92 Å². The van der Waals surface area contributed by atoms with Crippen LogP contribution in [0.3, 0.4) is 0 Å². The second kappa shape index (κ2) is 5.37. The maximum atomic E-state index is 11.8. The van der Waals surface area contributed by atoms with Crippen LogP contribution >= 0.6 is 0 Å². The van der Waals surface area contributed by atoms with Crippen LogP contribution in [0.15, 0.2) is 0 Å². The van der Waals surface area contributed by atoms with E-state index in [1.54, 1.807) is 20.8 Å². The van der Waals surface area contributed by atoms with Gasteiger partial charge in [0.1, 0.15) is 5.60 Å². The minimum Gasteiger partial charge on any atom is -0.481 e. The Hall–Kier alpha value is -1.59. The number of imide groups is 1. The van der Waals surface area contributed by atoms with Crippen molar-refractivity contribution in [2.75, 3.05) is 6.54 Å². The fraction of sp³-hybridized carbons (Fsp3) is 0.750. The van der Waals surface area contributed by atoms with Crippen molar-refractivity contribution in [3.05, 3.63) is 0 Å². The number of aliphatic carboxylic acids is 1. The number of carbonyl (C=O) groups is 3. The molecule has 18 heavy (non-hydrogen) atoms. The van der Waals surface area contributed by atoms with Gasteiger partial charge in [-0.3, -0.25) is 9.59 Å². The first-order valence-corrected chi connectivity index (χ1v) is 5.97. The highest BCUT2D eigenvalue weighted by atomic mass is 16.6. The third-order valence-corrected chi connectivity index (χ3v) is 2.61. The van der Waals surface area contributed by atoms with Crippen molar-refractivity contribution in [3.63, 3.8) is 0 Å². The van der Waals surface area contributed by atoms with E-state index in [0.29, 0.717) is 12.8 Å². The number of hydrogen-bond donors (Lipinski definition) is 1. The molecule has 1 fully saturated rings. The number of amides is 2. The maximum absolute atomic E-state index is 11.8. The van der Waals surface area contributed by atoms with Gasteiger partial charge < -0.3 is 9.84 Å². The molecule has 6 nitrogen and oxygen atoms in total. The summed E-state index contributed by atoms with van der Waals surface area (Å²) in [5, 5.41) is 8.99. The van der Waals surface area contributed by atoms with Gasteiger partial charge in [-0.15, -0.1) is 0 Å². The van der Waals surface area contributed by atoms with Crippen molar-refractivity contribution < 1.29 is 24.2 Å². The predicted molar refractivity (Wildman–Crippen MR) is 62.9 cm³/mol. The van der Waals surface area contributed by atoms with Gasteiger partial charge in [-0.25, -0.2) is 9.69 Å². The summed E-state index contributed by atoms with van der Waals surface area (Å²) < 4.78 is 5.10. The van der Waals surface area contributed by atoms with Crippen LogP contribution in [0.1, 0.15) is 40.0 Å². The van der Waals surface area contributed by atoms with Gasteiger partial charge in [0, 0.05) is 13.0 Å². The molecule has 1 rings (SSSR count). The largest absolute Gasteiger partial charge is 0.481 e. The van der Waals surface area contributed by atoms with E-state index in [9.17, 15) is 14.4 Å². The Kier molecular flexibility index (Phi) is 4.32. The lowest BCUT2D eigenvalue weighted by Gasteiger charge is -2.26. The Labute approximate surface area is 106 Å². The summed E-state index contributed by atoms with van der Waals surface area (Å²) in [6.07, 6.45) is 0.305. The van der Waals surface area contributed by atoms with Crippen molar-refractivity contribution in [1.29, 1.82) is 0 Å². The lowest BCUT2D eigenvalue weighted by atomic mass is 10.0. The fourth-order valence-corrected chi connectivity index (χ4v) is 1.74. The zero-order valence-corrected chi connectivity index (χ0v) is 10.9. The number of carboxylic acids is 1. The molecule has 1 unspecified atom stereocenters. The van der Waals surface area contributed by atoms with Gasteiger partial charge in [-0.1, -0.05) is 0 Å². The molecule has 0 aromatic rings. The van der Waals surface area contributed by atoms with Crippen LogP contribution < -0.4 is 0 Å². The summed E-state index contributed by atoms with van der Waals surface area (Å²) in [6.45, 7) is 4.98. The Bertz CT molecular complexity index is 358. The van der Waals surface area contributed by atoms with Crippen molar-refractivity contribution in [3.8, 4) is 0 Å². The van der Waals surface area contributed by atoms with E-state index in [1.165, 1.54) is 0 Å². The molecule has 102 valence electrons. The number of hydrogen-bond acceptors (Lipinski definition) is 4. The number of nitrogens with zero attached hydrogens (tertiary/aromatic N) is 1. The number of likely N-dealkylation sites (tertiary alicyclic amines) is 1. The van der Waals surface area contributed by atoms with Gasteiger partial charge in [-0.2, -0.15) is 0 Å². The van der Waals surface area contributed by atoms with Crippen LogP contribution in [-0.4, -0.2) is 40.1 Å². The summed E-state index contributed by atoms with van der Waals surface area (Å²) in [5.41, 5.74) is -0.706. The highest BCUT2D eigenvalue weighted by molar-refractivity contribution is 5.93. The highest BCUT2D eigenvalue weighted by Crippen LogP contribution is 2.20. The first kappa shape index (κ1) is 14.5. The Morgan fingerprint density at radius 2 is 2.00 bits per heavy atom. The average molecular weight is 257 g/mol. The van der Waals surface area contributed by atoms with E-state index < -0.39 is 23.6 Å². The third kappa shape index (κ3) is 4.01. The maximum Gasteiger partial charge on any atom is 0.417 e. The van der Waals surface area contributed by atoms with Gasteiger partial charge in [0.25, 0.3) is 0 Å². The molecule has 1 heterocycles. The highest BCUT2D eigenvalue weighted by Gasteiger charge is 2.33. The summed E-state index contributed by atoms with van der Waals surface area (Å²) in [6, 6.07) is 0. The molecule has 1 saturated heterocycles. The molecule has 1 aliphatic heterocycles. The summed E-state index contributed by atoms with van der Waals surface area (Å²) in [7, 11) is 0. The van der Waals surface area contributed by atoms with Crippen LogP contribution in [0, 0.1) is 5.92 Å². The number of ether oxygens (including phenoxy) is 1. The molecular weight excluding hydrogens is 238 g/mol. The average Bonchev–Trinajstić information content (AvgIpc) is 2.37. The molecule has 1 atom stereocenters. The molecule has 1 N–H and O–H groups in total. The van der Waals surface area contributed by atoms with Crippen LogP contribution in [0.4, 0.5) is 4.79 Å². The van der Waals surface area contributed by atoms with Gasteiger partial charge in [-0.05, 0) is 33.6 Å². The van der Waals surface area contributed by atoms with E-state index in [2.05, 4.69) is 0 Å². The van der Waals surface area contributed by atoms with Crippen molar-refractivity contribution >= 4 is 18.0 Å². The zero-order chi connectivity index (χ0) is 13.9. The van der Waals surface area contributed by atoms with Crippen molar-refractivity contribution in [2.45, 2.75) is 45.6 Å². The monoisotopic (exact) mass is 257 g/mol. The number of carboxylic acid groups (broad SMARTS) is 1. The molecular formula is C12H19NO5. The second-order valence-corrected chi connectivity index (χ2v) is 5.41. The second-order valence-electron chi connectivity index (χ2n) is 5.41. The molecule has 0 saturated carbocycles. The molecule has 0 radical (unpaired) electrons. The smallest absolute Gasteiger partial charge is 0.417 e. The fourth-order valence-electron chi connectivity index (χ4n) is 1.74. The minimum atomic E-state index is -0.988. The first-order chi connectivity index (χ1) is 8.20. The van der Waals surface area contributed by atoms with E-state index >= 15 is 0 Å². The SMILES string of the molecule is CC(C)(C)OC(=O)N1CC(C(=O)O)CCCC1=O. The van der Waals surface area contributed by atoms with Gasteiger partial charge >= 0.3 is 12.1 Å². The van der Waals surface area contributed by atoms with Gasteiger partial charge in [0.2, 0.25) is 5.91 Å². The molecule has 0 aliphatic carbocycles. The summed E-state index contributed by atoms with van der Waals surface area (Å²) in [5.74, 6) is -2.06. The van der Waals surface area contributed by atoms with Crippen LogP contribution in [0.2, 0.25) is 0 Å². The first-order valence-electron chi connectivity index (χ1n) is 5.97. The Morgan fingerprint density at radius 3 is 2.50 bits per heavy atom. The van der Waals surface area contributed by atoms with E-state index in [4.69, 9.17) is 9.84 Å². The van der Waals surface area contributed by atoms with Gasteiger partial charge in [0.05, 0.1) is 5.92 Å².